The van der Waals surface area contributed by atoms with E-state index < -0.39 is 0 Å². The first-order valence-electron chi connectivity index (χ1n) is 9.26. The number of amides is 2. The summed E-state index contributed by atoms with van der Waals surface area (Å²) in [4.78, 5) is 26.6. The Bertz CT molecular complexity index is 1020. The number of aromatic nitrogens is 2. The van der Waals surface area contributed by atoms with E-state index in [-0.39, 0.29) is 23.6 Å². The second-order valence-electron chi connectivity index (χ2n) is 7.17. The van der Waals surface area contributed by atoms with E-state index >= 15 is 0 Å². The van der Waals surface area contributed by atoms with Crippen LogP contribution in [0.25, 0.3) is 11.3 Å². The zero-order valence-corrected chi connectivity index (χ0v) is 15.9. The number of carbonyl (C=O) groups is 2. The van der Waals surface area contributed by atoms with Crippen LogP contribution in [0.2, 0.25) is 0 Å². The molecule has 7 nitrogen and oxygen atoms in total. The van der Waals surface area contributed by atoms with Crippen molar-refractivity contribution in [3.8, 4) is 11.3 Å². The molecule has 2 heterocycles. The largest absolute Gasteiger partial charge is 0.451 e. The van der Waals surface area contributed by atoms with E-state index in [0.29, 0.717) is 17.9 Å². The smallest absolute Gasteiger partial charge is 0.287 e. The molecule has 0 radical (unpaired) electrons. The van der Waals surface area contributed by atoms with Crippen LogP contribution in [0.5, 0.6) is 0 Å². The van der Waals surface area contributed by atoms with Gasteiger partial charge in [-0.2, -0.15) is 5.10 Å². The number of aromatic amines is 1. The van der Waals surface area contributed by atoms with Crippen LogP contribution in [0.15, 0.2) is 47.0 Å². The van der Waals surface area contributed by atoms with Crippen LogP contribution in [0.3, 0.4) is 0 Å². The van der Waals surface area contributed by atoms with E-state index in [1.54, 1.807) is 42.4 Å². The summed E-state index contributed by atoms with van der Waals surface area (Å²) in [5, 5.41) is 9.77. The Labute approximate surface area is 162 Å². The van der Waals surface area contributed by atoms with Crippen molar-refractivity contribution in [2.75, 3.05) is 7.05 Å². The lowest BCUT2D eigenvalue weighted by molar-refractivity contribution is 0.0784. The summed E-state index contributed by atoms with van der Waals surface area (Å²) in [6, 6.07) is 10.9. The fourth-order valence-corrected chi connectivity index (χ4v) is 2.99. The van der Waals surface area contributed by atoms with Gasteiger partial charge >= 0.3 is 0 Å². The van der Waals surface area contributed by atoms with Crippen molar-refractivity contribution in [2.24, 2.45) is 0 Å². The lowest BCUT2D eigenvalue weighted by Crippen LogP contribution is -2.26. The fourth-order valence-electron chi connectivity index (χ4n) is 2.99. The molecular formula is C21H22N4O3. The van der Waals surface area contributed by atoms with Crippen LogP contribution in [0, 0.1) is 6.92 Å². The third-order valence-corrected chi connectivity index (χ3v) is 4.82. The van der Waals surface area contributed by atoms with Gasteiger partial charge < -0.3 is 14.6 Å². The second-order valence-corrected chi connectivity index (χ2v) is 7.17. The molecule has 1 fully saturated rings. The molecule has 144 valence electrons. The van der Waals surface area contributed by atoms with Crippen molar-refractivity contribution < 1.29 is 14.0 Å². The Morgan fingerprint density at radius 1 is 1.29 bits per heavy atom. The van der Waals surface area contributed by atoms with Gasteiger partial charge in [0.1, 0.15) is 5.76 Å². The first-order valence-corrected chi connectivity index (χ1v) is 9.26. The van der Waals surface area contributed by atoms with E-state index in [4.69, 9.17) is 4.42 Å². The summed E-state index contributed by atoms with van der Waals surface area (Å²) in [7, 11) is 1.76. The first kappa shape index (κ1) is 18.0. The lowest BCUT2D eigenvalue weighted by atomic mass is 10.1. The maximum Gasteiger partial charge on any atom is 0.287 e. The van der Waals surface area contributed by atoms with Gasteiger partial charge in [-0.05, 0) is 44.0 Å². The van der Waals surface area contributed by atoms with Crippen LogP contribution in [0.4, 0.5) is 0 Å². The monoisotopic (exact) mass is 378 g/mol. The van der Waals surface area contributed by atoms with Crippen LogP contribution >= 0.6 is 0 Å². The molecule has 0 atom stereocenters. The second kappa shape index (κ2) is 7.34. The van der Waals surface area contributed by atoms with Crippen LogP contribution in [-0.4, -0.2) is 40.0 Å². The summed E-state index contributed by atoms with van der Waals surface area (Å²) in [6.45, 7) is 2.40. The maximum atomic E-state index is 12.8. The van der Waals surface area contributed by atoms with E-state index in [1.165, 1.54) is 0 Å². The highest BCUT2D eigenvalue weighted by atomic mass is 16.3. The highest BCUT2D eigenvalue weighted by molar-refractivity contribution is 5.95. The average Bonchev–Trinajstić information content (AvgIpc) is 3.21. The Morgan fingerprint density at radius 3 is 2.82 bits per heavy atom. The molecule has 0 bridgehead atoms. The molecule has 0 saturated heterocycles. The molecule has 2 N–H and O–H groups in total. The van der Waals surface area contributed by atoms with Crippen LogP contribution < -0.4 is 5.32 Å². The first-order chi connectivity index (χ1) is 13.5. The molecule has 0 aliphatic heterocycles. The van der Waals surface area contributed by atoms with Crippen molar-refractivity contribution in [1.29, 1.82) is 0 Å². The summed E-state index contributed by atoms with van der Waals surface area (Å²) in [5.74, 6) is 0.548. The molecule has 3 aromatic rings. The molecule has 0 spiro atoms. The number of hydrogen-bond acceptors (Lipinski definition) is 4. The van der Waals surface area contributed by atoms with Gasteiger partial charge in [0, 0.05) is 42.0 Å². The number of carbonyl (C=O) groups excluding carboxylic acids is 2. The molecule has 1 saturated carbocycles. The molecule has 4 rings (SSSR count). The minimum absolute atomic E-state index is 0.0966. The molecule has 1 aliphatic carbocycles. The molecule has 0 unspecified atom stereocenters. The average molecular weight is 378 g/mol. The lowest BCUT2D eigenvalue weighted by Gasteiger charge is -2.17. The predicted octanol–water partition coefficient (Wildman–Crippen LogP) is 3.14. The van der Waals surface area contributed by atoms with E-state index in [1.807, 2.05) is 19.1 Å². The zero-order valence-electron chi connectivity index (χ0n) is 15.9. The summed E-state index contributed by atoms with van der Waals surface area (Å²) < 4.78 is 5.71. The standard InChI is InChI=1S/C21H22N4O3/c1-13-16(11-22-24-13)12-25(2)21(27)15-5-3-4-14(10-15)18-8-9-19(28-18)20(26)23-17-6-7-17/h3-5,8-11,17H,6-7,12H2,1-2H3,(H,22,24)(H,23,26). The normalized spacial score (nSPS) is 13.4. The quantitative estimate of drug-likeness (QED) is 0.689. The number of nitrogens with zero attached hydrogens (tertiary/aromatic N) is 2. The van der Waals surface area contributed by atoms with Crippen molar-refractivity contribution in [2.45, 2.75) is 32.4 Å². The van der Waals surface area contributed by atoms with Crippen LogP contribution in [-0.2, 0) is 6.54 Å². The minimum Gasteiger partial charge on any atom is -0.451 e. The van der Waals surface area contributed by atoms with Crippen molar-refractivity contribution in [3.05, 3.63) is 65.2 Å². The minimum atomic E-state index is -0.198. The highest BCUT2D eigenvalue weighted by Crippen LogP contribution is 2.25. The van der Waals surface area contributed by atoms with Crippen LogP contribution in [0.1, 0.15) is 45.0 Å². The zero-order chi connectivity index (χ0) is 19.7. The number of furan rings is 1. The Kier molecular flexibility index (Phi) is 4.73. The Hall–Kier alpha value is -3.35. The SMILES string of the molecule is Cc1[nH]ncc1CN(C)C(=O)c1cccc(-c2ccc(C(=O)NC3CC3)o2)c1. The topological polar surface area (TPSA) is 91.2 Å². The Morgan fingerprint density at radius 2 is 2.11 bits per heavy atom. The number of benzene rings is 1. The third kappa shape index (κ3) is 3.83. The van der Waals surface area contributed by atoms with Gasteiger partial charge in [-0.3, -0.25) is 14.7 Å². The summed E-state index contributed by atoms with van der Waals surface area (Å²) in [6.07, 6.45) is 3.78. The molecule has 7 heteroatoms. The number of hydrogen-bond donors (Lipinski definition) is 2. The number of nitrogens with one attached hydrogen (secondary N) is 2. The van der Waals surface area contributed by atoms with Gasteiger partial charge in [0.25, 0.3) is 11.8 Å². The molecule has 28 heavy (non-hydrogen) atoms. The number of aryl methyl sites for hydroxylation is 1. The molecule has 1 aliphatic rings. The number of rotatable bonds is 6. The van der Waals surface area contributed by atoms with Gasteiger partial charge in [0.15, 0.2) is 5.76 Å². The van der Waals surface area contributed by atoms with Gasteiger partial charge in [0.05, 0.1) is 6.20 Å². The van der Waals surface area contributed by atoms with E-state index in [9.17, 15) is 9.59 Å². The van der Waals surface area contributed by atoms with Crippen molar-refractivity contribution >= 4 is 11.8 Å². The van der Waals surface area contributed by atoms with Gasteiger partial charge in [-0.1, -0.05) is 12.1 Å². The van der Waals surface area contributed by atoms with E-state index in [2.05, 4.69) is 15.5 Å². The predicted molar refractivity (Wildman–Crippen MR) is 104 cm³/mol. The van der Waals surface area contributed by atoms with Gasteiger partial charge in [-0.25, -0.2) is 0 Å². The summed E-state index contributed by atoms with van der Waals surface area (Å²) in [5.41, 5.74) is 3.23. The Balaban J connectivity index is 1.49. The third-order valence-electron chi connectivity index (χ3n) is 4.82. The highest BCUT2D eigenvalue weighted by Gasteiger charge is 2.25. The fraction of sp³-hybridized carbons (Fsp3) is 0.286. The maximum absolute atomic E-state index is 12.8. The summed E-state index contributed by atoms with van der Waals surface area (Å²) >= 11 is 0. The molecule has 1 aromatic carbocycles. The van der Waals surface area contributed by atoms with Gasteiger partial charge in [-0.15, -0.1) is 0 Å². The number of H-pyrrole nitrogens is 1. The van der Waals surface area contributed by atoms with Crippen molar-refractivity contribution in [3.63, 3.8) is 0 Å². The van der Waals surface area contributed by atoms with Gasteiger partial charge in [0.2, 0.25) is 0 Å². The van der Waals surface area contributed by atoms with E-state index in [0.717, 1.165) is 29.7 Å². The molecule has 2 aromatic heterocycles. The molecule has 2 amide bonds. The molecular weight excluding hydrogens is 356 g/mol. The van der Waals surface area contributed by atoms with Crippen molar-refractivity contribution in [1.82, 2.24) is 20.4 Å².